The fraction of sp³-hybridized carbons (Fsp3) is 0.0588. The van der Waals surface area contributed by atoms with Gasteiger partial charge in [0.25, 0.3) is 5.91 Å². The van der Waals surface area contributed by atoms with Crippen molar-refractivity contribution in [1.29, 1.82) is 0 Å². The van der Waals surface area contributed by atoms with Gasteiger partial charge in [0.2, 0.25) is 0 Å². The Balaban J connectivity index is 2.09. The summed E-state index contributed by atoms with van der Waals surface area (Å²) in [6.45, 7) is 3.89. The number of ether oxygens (including phenoxy) is 1. The fourth-order valence-corrected chi connectivity index (χ4v) is 2.13. The van der Waals surface area contributed by atoms with Crippen LogP contribution in [-0.2, 0) is 0 Å². The molecule has 0 aromatic heterocycles. The molecule has 0 fully saturated rings. The van der Waals surface area contributed by atoms with E-state index in [1.165, 1.54) is 6.21 Å². The summed E-state index contributed by atoms with van der Waals surface area (Å²) in [5.74, 6) is 0.0694. The molecule has 0 bridgehead atoms. The van der Waals surface area contributed by atoms with Gasteiger partial charge in [-0.1, -0.05) is 60.1 Å². The number of nitrogens with one attached hydrogen (secondary N) is 1. The molecule has 2 aromatic rings. The van der Waals surface area contributed by atoms with Crippen LogP contribution in [0.5, 0.6) is 5.75 Å². The zero-order valence-corrected chi connectivity index (χ0v) is 13.6. The van der Waals surface area contributed by atoms with E-state index in [2.05, 4.69) is 17.1 Å². The Morgan fingerprint density at radius 2 is 2.00 bits per heavy atom. The Kier molecular flexibility index (Phi) is 6.20. The second-order valence-corrected chi connectivity index (χ2v) is 5.22. The van der Waals surface area contributed by atoms with Crippen LogP contribution in [0, 0.1) is 0 Å². The first-order chi connectivity index (χ1) is 11.1. The molecule has 118 valence electrons. The van der Waals surface area contributed by atoms with E-state index in [4.69, 9.17) is 27.9 Å². The van der Waals surface area contributed by atoms with Crippen molar-refractivity contribution < 1.29 is 9.53 Å². The molecule has 0 aliphatic carbocycles. The minimum Gasteiger partial charge on any atom is -0.489 e. The Bertz CT molecular complexity index is 745. The lowest BCUT2D eigenvalue weighted by molar-refractivity contribution is 0.0951. The average molecular weight is 349 g/mol. The maximum absolute atomic E-state index is 12.2. The summed E-state index contributed by atoms with van der Waals surface area (Å²) in [6, 6.07) is 12.0. The lowest BCUT2D eigenvalue weighted by Gasteiger charge is -2.08. The van der Waals surface area contributed by atoms with E-state index in [0.29, 0.717) is 33.5 Å². The molecule has 0 unspecified atom stereocenters. The number of hydrazone groups is 1. The third-order valence-corrected chi connectivity index (χ3v) is 3.67. The first-order valence-electron chi connectivity index (χ1n) is 6.73. The largest absolute Gasteiger partial charge is 0.489 e. The molecule has 0 spiro atoms. The van der Waals surface area contributed by atoms with Gasteiger partial charge in [0.15, 0.2) is 0 Å². The number of rotatable bonds is 6. The first kappa shape index (κ1) is 17.1. The second kappa shape index (κ2) is 8.36. The molecule has 0 saturated carbocycles. The molecule has 0 heterocycles. The number of carbonyl (C=O) groups is 1. The standard InChI is InChI=1S/C17H14Cl2N2O2/c1-2-10-23-15-9-4-3-7-13(15)17(22)21-20-11-12-6-5-8-14(18)16(12)19/h2-9,11H,1,10H2,(H,21,22). The minimum absolute atomic E-state index is 0.311. The van der Waals surface area contributed by atoms with Gasteiger partial charge in [0, 0.05) is 5.56 Å². The van der Waals surface area contributed by atoms with Crippen molar-refractivity contribution in [2.75, 3.05) is 6.61 Å². The van der Waals surface area contributed by atoms with Gasteiger partial charge in [-0.25, -0.2) is 5.43 Å². The van der Waals surface area contributed by atoms with Crippen LogP contribution in [0.25, 0.3) is 0 Å². The van der Waals surface area contributed by atoms with Crippen LogP contribution in [0.2, 0.25) is 10.0 Å². The van der Waals surface area contributed by atoms with Gasteiger partial charge in [-0.15, -0.1) is 0 Å². The van der Waals surface area contributed by atoms with Gasteiger partial charge < -0.3 is 4.74 Å². The van der Waals surface area contributed by atoms with Crippen molar-refractivity contribution >= 4 is 35.3 Å². The summed E-state index contributed by atoms with van der Waals surface area (Å²) in [7, 11) is 0. The second-order valence-electron chi connectivity index (χ2n) is 4.44. The summed E-state index contributed by atoms with van der Waals surface area (Å²) in [4.78, 5) is 12.2. The number of para-hydroxylation sites is 1. The average Bonchev–Trinajstić information content (AvgIpc) is 2.57. The zero-order valence-electron chi connectivity index (χ0n) is 12.1. The number of hydrogen-bond acceptors (Lipinski definition) is 3. The van der Waals surface area contributed by atoms with Crippen LogP contribution in [-0.4, -0.2) is 18.7 Å². The van der Waals surface area contributed by atoms with E-state index in [1.54, 1.807) is 48.5 Å². The summed E-state index contributed by atoms with van der Waals surface area (Å²) >= 11 is 12.0. The van der Waals surface area contributed by atoms with Crippen molar-refractivity contribution in [2.24, 2.45) is 5.10 Å². The van der Waals surface area contributed by atoms with Crippen molar-refractivity contribution in [3.8, 4) is 5.75 Å². The number of benzene rings is 2. The van der Waals surface area contributed by atoms with Crippen molar-refractivity contribution in [3.05, 3.63) is 76.3 Å². The fourth-order valence-electron chi connectivity index (χ4n) is 1.77. The Morgan fingerprint density at radius 3 is 2.78 bits per heavy atom. The first-order valence-corrected chi connectivity index (χ1v) is 7.49. The van der Waals surface area contributed by atoms with Gasteiger partial charge in [0.05, 0.1) is 21.8 Å². The van der Waals surface area contributed by atoms with Crippen LogP contribution in [0.15, 0.2) is 60.2 Å². The topological polar surface area (TPSA) is 50.7 Å². The molecular formula is C17H14Cl2N2O2. The highest BCUT2D eigenvalue weighted by Crippen LogP contribution is 2.24. The summed E-state index contributed by atoms with van der Waals surface area (Å²) in [6.07, 6.45) is 3.04. The molecule has 1 N–H and O–H groups in total. The van der Waals surface area contributed by atoms with Crippen molar-refractivity contribution in [1.82, 2.24) is 5.43 Å². The maximum atomic E-state index is 12.2. The Labute approximate surface area is 144 Å². The quantitative estimate of drug-likeness (QED) is 0.480. The summed E-state index contributed by atoms with van der Waals surface area (Å²) < 4.78 is 5.44. The smallest absolute Gasteiger partial charge is 0.275 e. The number of amides is 1. The van der Waals surface area contributed by atoms with Crippen molar-refractivity contribution in [3.63, 3.8) is 0 Å². The van der Waals surface area contributed by atoms with Gasteiger partial charge in [-0.3, -0.25) is 4.79 Å². The molecule has 0 saturated heterocycles. The minimum atomic E-state index is -0.390. The SMILES string of the molecule is C=CCOc1ccccc1C(=O)NN=Cc1cccc(Cl)c1Cl. The summed E-state index contributed by atoms with van der Waals surface area (Å²) in [5.41, 5.74) is 3.42. The van der Waals surface area contributed by atoms with E-state index in [1.807, 2.05) is 0 Å². The number of halogens is 2. The molecule has 23 heavy (non-hydrogen) atoms. The predicted molar refractivity (Wildman–Crippen MR) is 93.7 cm³/mol. The van der Waals surface area contributed by atoms with Crippen molar-refractivity contribution in [2.45, 2.75) is 0 Å². The molecule has 0 atom stereocenters. The number of nitrogens with zero attached hydrogens (tertiary/aromatic N) is 1. The van der Waals surface area contributed by atoms with Gasteiger partial charge in [-0.2, -0.15) is 5.10 Å². The van der Waals surface area contributed by atoms with Crippen LogP contribution >= 0.6 is 23.2 Å². The predicted octanol–water partition coefficient (Wildman–Crippen LogP) is 4.32. The molecule has 0 aliphatic heterocycles. The maximum Gasteiger partial charge on any atom is 0.275 e. The molecule has 0 radical (unpaired) electrons. The monoisotopic (exact) mass is 348 g/mol. The van der Waals surface area contributed by atoms with Crippen LogP contribution < -0.4 is 10.2 Å². The van der Waals surface area contributed by atoms with Crippen LogP contribution in [0.4, 0.5) is 0 Å². The highest BCUT2D eigenvalue weighted by atomic mass is 35.5. The molecule has 6 heteroatoms. The van der Waals surface area contributed by atoms with E-state index >= 15 is 0 Å². The molecule has 1 amide bonds. The summed E-state index contributed by atoms with van der Waals surface area (Å²) in [5, 5.41) is 4.70. The molecule has 2 aromatic carbocycles. The number of hydrogen-bond donors (Lipinski definition) is 1. The molecule has 4 nitrogen and oxygen atoms in total. The Morgan fingerprint density at radius 1 is 1.22 bits per heavy atom. The van der Waals surface area contributed by atoms with E-state index < -0.39 is 0 Å². The normalized spacial score (nSPS) is 10.5. The third-order valence-electron chi connectivity index (χ3n) is 2.84. The number of carbonyl (C=O) groups excluding carboxylic acids is 1. The Hall–Kier alpha value is -2.30. The van der Waals surface area contributed by atoms with Crippen LogP contribution in [0.3, 0.4) is 0 Å². The molecular weight excluding hydrogens is 335 g/mol. The highest BCUT2D eigenvalue weighted by Gasteiger charge is 2.11. The van der Waals surface area contributed by atoms with E-state index in [9.17, 15) is 4.79 Å². The lowest BCUT2D eigenvalue weighted by atomic mass is 10.2. The lowest BCUT2D eigenvalue weighted by Crippen LogP contribution is -2.18. The van der Waals surface area contributed by atoms with E-state index in [-0.39, 0.29) is 5.91 Å². The van der Waals surface area contributed by atoms with Gasteiger partial charge >= 0.3 is 0 Å². The van der Waals surface area contributed by atoms with Gasteiger partial charge in [-0.05, 0) is 18.2 Å². The van der Waals surface area contributed by atoms with E-state index in [0.717, 1.165) is 0 Å². The van der Waals surface area contributed by atoms with Crippen LogP contribution in [0.1, 0.15) is 15.9 Å². The molecule has 0 aliphatic rings. The third kappa shape index (κ3) is 4.58. The highest BCUT2D eigenvalue weighted by molar-refractivity contribution is 6.43. The zero-order chi connectivity index (χ0) is 16.7. The van der Waals surface area contributed by atoms with Gasteiger partial charge in [0.1, 0.15) is 12.4 Å². The molecule has 2 rings (SSSR count).